The second-order valence-electron chi connectivity index (χ2n) is 10.1. The molecule has 40 heavy (non-hydrogen) atoms. The predicted molar refractivity (Wildman–Crippen MR) is 157 cm³/mol. The fraction of sp³-hybridized carbons (Fsp3) is 0.125. The molecule has 0 bridgehead atoms. The molecule has 0 saturated heterocycles. The minimum atomic E-state index is -0.325. The summed E-state index contributed by atoms with van der Waals surface area (Å²) in [7, 11) is 0. The van der Waals surface area contributed by atoms with Gasteiger partial charge in [0.05, 0.1) is 23.1 Å². The summed E-state index contributed by atoms with van der Waals surface area (Å²) in [6.45, 7) is 6.16. The van der Waals surface area contributed by atoms with E-state index in [9.17, 15) is 4.39 Å². The van der Waals surface area contributed by atoms with Gasteiger partial charge in [-0.25, -0.2) is 19.4 Å². The Morgan fingerprint density at radius 2 is 1.62 bits per heavy atom. The summed E-state index contributed by atoms with van der Waals surface area (Å²) in [6, 6.07) is 26.3. The van der Waals surface area contributed by atoms with Crippen LogP contribution in [0.5, 0.6) is 0 Å². The second-order valence-corrected chi connectivity index (χ2v) is 10.1. The van der Waals surface area contributed by atoms with E-state index in [1.165, 1.54) is 23.3 Å². The summed E-state index contributed by atoms with van der Waals surface area (Å²) in [4.78, 5) is 17.0. The third kappa shape index (κ3) is 3.88. The maximum atomic E-state index is 14.1. The van der Waals surface area contributed by atoms with Crippen LogP contribution >= 0.6 is 0 Å². The van der Waals surface area contributed by atoms with Crippen molar-refractivity contribution >= 4 is 34.6 Å². The number of hydrogen-bond donors (Lipinski definition) is 1. The van der Waals surface area contributed by atoms with Gasteiger partial charge in [-0.3, -0.25) is 0 Å². The minimum absolute atomic E-state index is 0.285. The number of benzene rings is 3. The number of para-hydroxylation sites is 2. The van der Waals surface area contributed by atoms with Crippen LogP contribution in [-0.4, -0.2) is 26.4 Å². The summed E-state index contributed by atoms with van der Waals surface area (Å²) in [5.74, 6) is 2.32. The first-order valence-corrected chi connectivity index (χ1v) is 13.1. The fourth-order valence-electron chi connectivity index (χ4n) is 5.35. The fourth-order valence-corrected chi connectivity index (χ4v) is 5.35. The van der Waals surface area contributed by atoms with E-state index in [0.717, 1.165) is 33.9 Å². The van der Waals surface area contributed by atoms with Crippen molar-refractivity contribution in [3.05, 3.63) is 125 Å². The highest BCUT2D eigenvalue weighted by Crippen LogP contribution is 2.48. The first kappa shape index (κ1) is 24.0. The molecule has 0 unspecified atom stereocenters. The van der Waals surface area contributed by atoms with E-state index in [4.69, 9.17) is 15.1 Å². The molecule has 196 valence electrons. The van der Waals surface area contributed by atoms with Crippen LogP contribution < -0.4 is 10.2 Å². The van der Waals surface area contributed by atoms with Crippen LogP contribution in [0.3, 0.4) is 0 Å². The van der Waals surface area contributed by atoms with E-state index in [2.05, 4.69) is 41.2 Å². The number of pyridine rings is 1. The van der Waals surface area contributed by atoms with E-state index in [1.807, 2.05) is 67.6 Å². The maximum absolute atomic E-state index is 14.1. The number of nitrogens with one attached hydrogen (secondary N) is 1. The molecule has 0 saturated carbocycles. The lowest BCUT2D eigenvalue weighted by molar-refractivity contribution is 0.626. The lowest BCUT2D eigenvalue weighted by Gasteiger charge is -2.40. The zero-order chi connectivity index (χ0) is 27.4. The third-order valence-electron chi connectivity index (χ3n) is 7.46. The number of amidine groups is 2. The standard InChI is InChI=1S/C32H26FN7/c1-19-11-16-24(18-20(19)2)35-30-32-37-31-28(21(3)38-40(31)27-10-6-7-17-34-27)29(22-12-14-23(33)15-13-22)39(32)26-9-5-4-8-25(26)36-30/h4-18,29H,1-3H3,(H,35,36)/t29-/m1/s1. The van der Waals surface area contributed by atoms with Crippen molar-refractivity contribution in [3.63, 3.8) is 0 Å². The zero-order valence-electron chi connectivity index (χ0n) is 22.3. The predicted octanol–water partition coefficient (Wildman–Crippen LogP) is 7.13. The van der Waals surface area contributed by atoms with Crippen molar-refractivity contribution in [2.24, 2.45) is 9.98 Å². The summed E-state index contributed by atoms with van der Waals surface area (Å²) in [6.07, 6.45) is 1.74. The normalized spacial score (nSPS) is 15.5. The number of anilines is 2. The molecule has 8 heteroatoms. The molecule has 2 aromatic heterocycles. The molecule has 0 radical (unpaired) electrons. The highest BCUT2D eigenvalue weighted by Gasteiger charge is 2.41. The molecular weight excluding hydrogens is 501 g/mol. The van der Waals surface area contributed by atoms with Gasteiger partial charge in [-0.1, -0.05) is 36.4 Å². The molecule has 1 atom stereocenters. The third-order valence-corrected chi connectivity index (χ3v) is 7.46. The van der Waals surface area contributed by atoms with Crippen LogP contribution in [-0.2, 0) is 0 Å². The van der Waals surface area contributed by atoms with Crippen molar-refractivity contribution in [2.45, 2.75) is 26.8 Å². The molecular formula is C32H26FN7. The smallest absolute Gasteiger partial charge is 0.179 e. The first-order valence-electron chi connectivity index (χ1n) is 13.1. The number of aliphatic imine (C=N–C) groups is 2. The Morgan fingerprint density at radius 3 is 2.40 bits per heavy atom. The number of fused-ring (bicyclic) bond motifs is 4. The molecule has 0 fully saturated rings. The van der Waals surface area contributed by atoms with Crippen LogP contribution in [0.1, 0.15) is 34.0 Å². The summed E-state index contributed by atoms with van der Waals surface area (Å²) >= 11 is 0. The maximum Gasteiger partial charge on any atom is 0.179 e. The van der Waals surface area contributed by atoms with E-state index in [-0.39, 0.29) is 11.9 Å². The molecule has 2 aliphatic rings. The Bertz CT molecular complexity index is 1820. The van der Waals surface area contributed by atoms with Gasteiger partial charge < -0.3 is 10.2 Å². The van der Waals surface area contributed by atoms with Crippen molar-refractivity contribution in [1.29, 1.82) is 0 Å². The quantitative estimate of drug-likeness (QED) is 0.271. The highest BCUT2D eigenvalue weighted by molar-refractivity contribution is 6.51. The van der Waals surface area contributed by atoms with E-state index < -0.39 is 0 Å². The number of hydrogen-bond acceptors (Lipinski definition) is 6. The molecule has 7 rings (SSSR count). The Balaban J connectivity index is 1.49. The molecule has 1 N–H and O–H groups in total. The van der Waals surface area contributed by atoms with Gasteiger partial charge in [0.1, 0.15) is 5.82 Å². The molecule has 5 aromatic rings. The van der Waals surface area contributed by atoms with Gasteiger partial charge >= 0.3 is 0 Å². The van der Waals surface area contributed by atoms with Crippen LogP contribution in [0.4, 0.5) is 27.3 Å². The largest absolute Gasteiger partial charge is 0.337 e. The monoisotopic (exact) mass is 527 g/mol. The Morgan fingerprint density at radius 1 is 0.825 bits per heavy atom. The SMILES string of the molecule is Cc1ccc(NC2=Nc3ccccc3N3C2=Nc2c(c(C)nn2-c2ccccn2)[C@H]3c2ccc(F)cc2)cc1C. The summed E-state index contributed by atoms with van der Waals surface area (Å²) < 4.78 is 15.9. The average Bonchev–Trinajstić information content (AvgIpc) is 3.31. The topological polar surface area (TPSA) is 70.7 Å². The Kier molecular flexibility index (Phi) is 5.55. The van der Waals surface area contributed by atoms with Crippen molar-refractivity contribution in [1.82, 2.24) is 14.8 Å². The van der Waals surface area contributed by atoms with Gasteiger partial charge in [-0.2, -0.15) is 9.78 Å². The number of nitrogens with zero attached hydrogens (tertiary/aromatic N) is 6. The van der Waals surface area contributed by atoms with Crippen LogP contribution in [0.15, 0.2) is 101 Å². The first-order chi connectivity index (χ1) is 19.5. The van der Waals surface area contributed by atoms with Crippen molar-refractivity contribution in [2.75, 3.05) is 10.2 Å². The average molecular weight is 528 g/mol. The minimum Gasteiger partial charge on any atom is -0.337 e. The summed E-state index contributed by atoms with van der Waals surface area (Å²) in [5, 5.41) is 8.43. The molecule has 0 spiro atoms. The van der Waals surface area contributed by atoms with E-state index >= 15 is 0 Å². The van der Waals surface area contributed by atoms with Crippen molar-refractivity contribution in [3.8, 4) is 5.82 Å². The van der Waals surface area contributed by atoms with Crippen molar-refractivity contribution < 1.29 is 4.39 Å². The summed E-state index contributed by atoms with van der Waals surface area (Å²) in [5.41, 5.74) is 7.72. The Hall–Kier alpha value is -5.11. The van der Waals surface area contributed by atoms with Gasteiger partial charge in [-0.15, -0.1) is 0 Å². The van der Waals surface area contributed by atoms with Gasteiger partial charge in [-0.05, 0) is 86.0 Å². The van der Waals surface area contributed by atoms with Crippen LogP contribution in [0.2, 0.25) is 0 Å². The van der Waals surface area contributed by atoms with Gasteiger partial charge in [0, 0.05) is 17.4 Å². The lowest BCUT2D eigenvalue weighted by Crippen LogP contribution is -2.46. The number of aryl methyl sites for hydroxylation is 3. The van der Waals surface area contributed by atoms with Crippen LogP contribution in [0.25, 0.3) is 5.82 Å². The van der Waals surface area contributed by atoms with Gasteiger partial charge in [0.2, 0.25) is 0 Å². The lowest BCUT2D eigenvalue weighted by atomic mass is 9.93. The molecule has 0 aliphatic carbocycles. The zero-order valence-corrected chi connectivity index (χ0v) is 22.3. The highest BCUT2D eigenvalue weighted by atomic mass is 19.1. The molecule has 4 heterocycles. The van der Waals surface area contributed by atoms with Gasteiger partial charge in [0.15, 0.2) is 23.3 Å². The van der Waals surface area contributed by atoms with E-state index in [1.54, 1.807) is 10.9 Å². The van der Waals surface area contributed by atoms with Gasteiger partial charge in [0.25, 0.3) is 0 Å². The molecule has 7 nitrogen and oxygen atoms in total. The second kappa shape index (κ2) is 9.27. The molecule has 3 aromatic carbocycles. The number of halogens is 1. The Labute approximate surface area is 231 Å². The van der Waals surface area contributed by atoms with Crippen LogP contribution in [0, 0.1) is 26.6 Å². The molecule has 0 amide bonds. The molecule has 2 aliphatic heterocycles. The van der Waals surface area contributed by atoms with E-state index in [0.29, 0.717) is 23.3 Å². The number of rotatable bonds is 3. The number of aromatic nitrogens is 3.